The lowest BCUT2D eigenvalue weighted by atomic mass is 9.56. The maximum atomic E-state index is 13.6. The molecule has 4 rings (SSSR count). The fraction of sp³-hybridized carbons (Fsp3) is 0.696. The van der Waals surface area contributed by atoms with Gasteiger partial charge in [0, 0.05) is 46.8 Å². The molecule has 10 heteroatoms. The van der Waals surface area contributed by atoms with Gasteiger partial charge in [0.2, 0.25) is 11.6 Å². The van der Waals surface area contributed by atoms with E-state index in [0.29, 0.717) is 5.76 Å². The molecule has 0 N–H and O–H groups in total. The molecule has 5 atom stereocenters. The molecule has 0 radical (unpaired) electrons. The van der Waals surface area contributed by atoms with E-state index in [4.69, 9.17) is 32.8 Å². The van der Waals surface area contributed by atoms with Crippen molar-refractivity contribution < 1.29 is 47.2 Å². The van der Waals surface area contributed by atoms with E-state index in [2.05, 4.69) is 0 Å². The molecule has 33 heavy (non-hydrogen) atoms. The van der Waals surface area contributed by atoms with Crippen LogP contribution in [-0.4, -0.2) is 62.0 Å². The average molecular weight is 466 g/mol. The normalized spacial score (nSPS) is 38.1. The van der Waals surface area contributed by atoms with Gasteiger partial charge in [0.15, 0.2) is 5.41 Å². The number of Topliss-reactive ketones (excluding diaryl/α,β-unsaturated/α-hetero) is 1. The minimum atomic E-state index is -1.87. The molecule has 2 saturated heterocycles. The third-order valence-electron chi connectivity index (χ3n) is 7.21. The van der Waals surface area contributed by atoms with Gasteiger partial charge in [0.05, 0.1) is 24.9 Å². The Bertz CT molecular complexity index is 917. The Balaban J connectivity index is 1.83. The zero-order valence-electron chi connectivity index (χ0n) is 19.7. The van der Waals surface area contributed by atoms with E-state index in [1.165, 1.54) is 34.3 Å². The molecule has 0 bridgehead atoms. The first kappa shape index (κ1) is 23.9. The van der Waals surface area contributed by atoms with Crippen LogP contribution in [0.3, 0.4) is 0 Å². The fourth-order valence-electron chi connectivity index (χ4n) is 5.16. The molecule has 3 heterocycles. The molecule has 182 valence electrons. The molecule has 2 aliphatic heterocycles. The van der Waals surface area contributed by atoms with Crippen LogP contribution in [0.2, 0.25) is 0 Å². The van der Waals surface area contributed by atoms with Crippen molar-refractivity contribution in [3.05, 3.63) is 24.2 Å². The predicted molar refractivity (Wildman–Crippen MR) is 110 cm³/mol. The van der Waals surface area contributed by atoms with Gasteiger partial charge in [-0.2, -0.15) is 0 Å². The number of hydrogen-bond acceptors (Lipinski definition) is 10. The Morgan fingerprint density at radius 2 is 1.58 bits per heavy atom. The van der Waals surface area contributed by atoms with Crippen LogP contribution in [0.5, 0.6) is 0 Å². The summed E-state index contributed by atoms with van der Waals surface area (Å²) >= 11 is 0. The monoisotopic (exact) mass is 466 g/mol. The van der Waals surface area contributed by atoms with Crippen molar-refractivity contribution >= 4 is 17.7 Å². The standard InChI is InChI=1S/C23H30O10/c1-20(2)32-18(25)23(19(26)33-20)14(16-8-7-9-29-16)10-13(24)11-15(23)17-12-30-21(3,27-5)22(4,28-6)31-17/h7-9,14-15,17H,10-12H2,1-6H3/t14-,15+,17-,21-,22-/m1/s1. The molecular weight excluding hydrogens is 436 g/mol. The van der Waals surface area contributed by atoms with Crippen molar-refractivity contribution in [3.8, 4) is 0 Å². The molecular formula is C23H30O10. The van der Waals surface area contributed by atoms with Crippen LogP contribution in [0.4, 0.5) is 0 Å². The number of ether oxygens (including phenoxy) is 6. The highest BCUT2D eigenvalue weighted by Crippen LogP contribution is 2.57. The van der Waals surface area contributed by atoms with E-state index < -0.39 is 52.7 Å². The van der Waals surface area contributed by atoms with E-state index in [-0.39, 0.29) is 25.2 Å². The highest BCUT2D eigenvalue weighted by molar-refractivity contribution is 6.05. The Kier molecular flexibility index (Phi) is 5.72. The Morgan fingerprint density at radius 3 is 2.12 bits per heavy atom. The topological polar surface area (TPSA) is 120 Å². The van der Waals surface area contributed by atoms with E-state index in [1.54, 1.807) is 26.0 Å². The summed E-state index contributed by atoms with van der Waals surface area (Å²) in [4.78, 5) is 40.2. The van der Waals surface area contributed by atoms with Gasteiger partial charge in [-0.15, -0.1) is 0 Å². The zero-order valence-corrected chi connectivity index (χ0v) is 19.7. The first-order valence-corrected chi connectivity index (χ1v) is 10.9. The van der Waals surface area contributed by atoms with Crippen LogP contribution >= 0.6 is 0 Å². The maximum absolute atomic E-state index is 13.6. The Hall–Kier alpha value is -2.27. The van der Waals surface area contributed by atoms with Crippen molar-refractivity contribution in [3.63, 3.8) is 0 Å². The number of esters is 2. The summed E-state index contributed by atoms with van der Waals surface area (Å²) in [5.41, 5.74) is -1.87. The summed E-state index contributed by atoms with van der Waals surface area (Å²) < 4.78 is 40.1. The maximum Gasteiger partial charge on any atom is 0.327 e. The molecule has 0 aromatic carbocycles. The molecule has 0 amide bonds. The minimum absolute atomic E-state index is 0.0577. The number of ketones is 1. The molecule has 1 aromatic heterocycles. The van der Waals surface area contributed by atoms with Gasteiger partial charge in [-0.1, -0.05) is 0 Å². The number of carbonyl (C=O) groups is 3. The van der Waals surface area contributed by atoms with Gasteiger partial charge < -0.3 is 32.8 Å². The molecule has 10 nitrogen and oxygen atoms in total. The lowest BCUT2D eigenvalue weighted by molar-refractivity contribution is -0.437. The molecule has 1 spiro atoms. The van der Waals surface area contributed by atoms with Gasteiger partial charge in [-0.05, 0) is 26.0 Å². The average Bonchev–Trinajstić information content (AvgIpc) is 3.28. The molecule has 1 saturated carbocycles. The summed E-state index contributed by atoms with van der Waals surface area (Å²) in [6, 6.07) is 3.26. The largest absolute Gasteiger partial charge is 0.469 e. The van der Waals surface area contributed by atoms with Crippen molar-refractivity contribution in [1.82, 2.24) is 0 Å². The van der Waals surface area contributed by atoms with Crippen LogP contribution in [-0.2, 0) is 42.8 Å². The highest BCUT2D eigenvalue weighted by Gasteiger charge is 2.70. The molecule has 1 aromatic rings. The summed E-state index contributed by atoms with van der Waals surface area (Å²) in [5, 5.41) is 0. The number of cyclic esters (lactones) is 2. The summed E-state index contributed by atoms with van der Waals surface area (Å²) in [6.45, 7) is 6.19. The first-order chi connectivity index (χ1) is 15.4. The van der Waals surface area contributed by atoms with Gasteiger partial charge in [-0.25, -0.2) is 0 Å². The minimum Gasteiger partial charge on any atom is -0.469 e. The first-order valence-electron chi connectivity index (χ1n) is 10.9. The van der Waals surface area contributed by atoms with Gasteiger partial charge in [0.25, 0.3) is 5.79 Å². The van der Waals surface area contributed by atoms with Gasteiger partial charge in [0.1, 0.15) is 11.5 Å². The van der Waals surface area contributed by atoms with E-state index in [9.17, 15) is 14.4 Å². The van der Waals surface area contributed by atoms with Gasteiger partial charge in [-0.3, -0.25) is 14.4 Å². The number of methoxy groups -OCH3 is 2. The second-order valence-electron chi connectivity index (χ2n) is 9.44. The second kappa shape index (κ2) is 7.90. The quantitative estimate of drug-likeness (QED) is 0.483. The van der Waals surface area contributed by atoms with Crippen molar-refractivity contribution in [2.45, 2.75) is 69.9 Å². The van der Waals surface area contributed by atoms with E-state index in [0.717, 1.165) is 0 Å². The number of rotatable bonds is 4. The van der Waals surface area contributed by atoms with Crippen molar-refractivity contribution in [2.24, 2.45) is 11.3 Å². The molecule has 3 aliphatic rings. The third kappa shape index (κ3) is 3.51. The van der Waals surface area contributed by atoms with Crippen LogP contribution in [0.25, 0.3) is 0 Å². The summed E-state index contributed by atoms with van der Waals surface area (Å²) in [6.07, 6.45) is 0.340. The predicted octanol–water partition coefficient (Wildman–Crippen LogP) is 2.31. The highest BCUT2D eigenvalue weighted by atomic mass is 16.8. The van der Waals surface area contributed by atoms with E-state index >= 15 is 0 Å². The molecule has 3 fully saturated rings. The zero-order chi connectivity index (χ0) is 24.2. The molecule has 1 aliphatic carbocycles. The van der Waals surface area contributed by atoms with Crippen LogP contribution in [0, 0.1) is 11.3 Å². The smallest absolute Gasteiger partial charge is 0.327 e. The van der Waals surface area contributed by atoms with Crippen LogP contribution in [0.15, 0.2) is 22.8 Å². The lowest BCUT2D eigenvalue weighted by Crippen LogP contribution is -2.68. The number of hydrogen-bond donors (Lipinski definition) is 0. The summed E-state index contributed by atoms with van der Waals surface area (Å²) in [5.74, 6) is -7.40. The van der Waals surface area contributed by atoms with Crippen LogP contribution < -0.4 is 0 Å². The Morgan fingerprint density at radius 1 is 0.939 bits per heavy atom. The lowest BCUT2D eigenvalue weighted by Gasteiger charge is -2.55. The number of carbonyl (C=O) groups excluding carboxylic acids is 3. The number of furan rings is 1. The van der Waals surface area contributed by atoms with Crippen molar-refractivity contribution in [1.29, 1.82) is 0 Å². The SMILES string of the molecule is CO[C@]1(C)OC[C@H]([C@@H]2CC(=O)C[C@H](c3ccco3)C23C(=O)OC(C)(C)OC3=O)O[C@@]1(C)OC. The molecule has 0 unspecified atom stereocenters. The second-order valence-corrected chi connectivity index (χ2v) is 9.44. The summed E-state index contributed by atoms with van der Waals surface area (Å²) in [7, 11) is 2.89. The van der Waals surface area contributed by atoms with Crippen LogP contribution in [0.1, 0.15) is 52.2 Å². The fourth-order valence-corrected chi connectivity index (χ4v) is 5.16. The van der Waals surface area contributed by atoms with Gasteiger partial charge >= 0.3 is 11.9 Å². The third-order valence-corrected chi connectivity index (χ3v) is 7.21. The Labute approximate surface area is 191 Å². The van der Waals surface area contributed by atoms with E-state index in [1.807, 2.05) is 0 Å². The van der Waals surface area contributed by atoms with Crippen molar-refractivity contribution in [2.75, 3.05) is 20.8 Å².